The van der Waals surface area contributed by atoms with E-state index in [0.29, 0.717) is 17.1 Å². The van der Waals surface area contributed by atoms with Crippen LogP contribution in [0, 0.1) is 0 Å². The Morgan fingerprint density at radius 2 is 2.12 bits per heavy atom. The Morgan fingerprint density at radius 1 is 1.44 bits per heavy atom. The number of hydrogen-bond donors (Lipinski definition) is 1. The second kappa shape index (κ2) is 5.61. The summed E-state index contributed by atoms with van der Waals surface area (Å²) in [5.41, 5.74) is 0.646. The van der Waals surface area contributed by atoms with Crippen molar-refractivity contribution < 1.29 is 19.4 Å². The number of rotatable bonds is 5. The maximum absolute atomic E-state index is 10.6. The van der Waals surface area contributed by atoms with Crippen molar-refractivity contribution >= 4 is 17.6 Å². The summed E-state index contributed by atoms with van der Waals surface area (Å²) in [4.78, 5) is 10.6. The molecule has 0 aliphatic rings. The number of methoxy groups -OCH3 is 2. The SMILES string of the molecule is COc1ccc(C(Cl)CC(=O)O)c(OC)c1. The Bertz CT molecular complexity index is 378. The van der Waals surface area contributed by atoms with Crippen molar-refractivity contribution in [1.82, 2.24) is 0 Å². The van der Waals surface area contributed by atoms with E-state index in [9.17, 15) is 4.79 Å². The quantitative estimate of drug-likeness (QED) is 0.809. The molecule has 1 aromatic carbocycles. The molecule has 1 N–H and O–H groups in total. The van der Waals surface area contributed by atoms with E-state index in [-0.39, 0.29) is 6.42 Å². The van der Waals surface area contributed by atoms with Gasteiger partial charge < -0.3 is 14.6 Å². The fourth-order valence-electron chi connectivity index (χ4n) is 1.34. The molecule has 0 aliphatic carbocycles. The van der Waals surface area contributed by atoms with Crippen molar-refractivity contribution in [2.45, 2.75) is 11.8 Å². The highest BCUT2D eigenvalue weighted by molar-refractivity contribution is 6.22. The number of hydrogen-bond acceptors (Lipinski definition) is 3. The lowest BCUT2D eigenvalue weighted by atomic mass is 10.1. The van der Waals surface area contributed by atoms with Crippen LogP contribution in [0.1, 0.15) is 17.4 Å². The first-order valence-electron chi connectivity index (χ1n) is 4.66. The summed E-state index contributed by atoms with van der Waals surface area (Å²) in [5.74, 6) is 0.221. The summed E-state index contributed by atoms with van der Waals surface area (Å²) in [6, 6.07) is 5.10. The minimum atomic E-state index is -0.946. The largest absolute Gasteiger partial charge is 0.497 e. The highest BCUT2D eigenvalue weighted by atomic mass is 35.5. The Hall–Kier alpha value is -1.42. The molecule has 88 valence electrons. The molecule has 0 radical (unpaired) electrons. The monoisotopic (exact) mass is 244 g/mol. The number of aliphatic carboxylic acids is 1. The molecule has 0 fully saturated rings. The van der Waals surface area contributed by atoms with Gasteiger partial charge in [0.1, 0.15) is 11.5 Å². The summed E-state index contributed by atoms with van der Waals surface area (Å²) in [6.07, 6.45) is -0.149. The Balaban J connectivity index is 2.98. The summed E-state index contributed by atoms with van der Waals surface area (Å²) in [5, 5.41) is 8.05. The number of halogens is 1. The fraction of sp³-hybridized carbons (Fsp3) is 0.364. The van der Waals surface area contributed by atoms with Crippen LogP contribution in [0.5, 0.6) is 11.5 Å². The van der Waals surface area contributed by atoms with E-state index >= 15 is 0 Å². The zero-order chi connectivity index (χ0) is 12.1. The summed E-state index contributed by atoms with van der Waals surface area (Å²) in [7, 11) is 3.05. The molecule has 0 spiro atoms. The van der Waals surface area contributed by atoms with Crippen LogP contribution in [0.4, 0.5) is 0 Å². The number of carboxylic acids is 1. The van der Waals surface area contributed by atoms with Gasteiger partial charge in [0.25, 0.3) is 0 Å². The number of benzene rings is 1. The van der Waals surface area contributed by atoms with Crippen LogP contribution < -0.4 is 9.47 Å². The molecule has 1 unspecified atom stereocenters. The van der Waals surface area contributed by atoms with Gasteiger partial charge >= 0.3 is 5.97 Å². The van der Waals surface area contributed by atoms with Gasteiger partial charge in [0.05, 0.1) is 26.0 Å². The van der Waals surface area contributed by atoms with Gasteiger partial charge in [0.15, 0.2) is 0 Å². The molecule has 1 aromatic rings. The lowest BCUT2D eigenvalue weighted by Crippen LogP contribution is -2.03. The van der Waals surface area contributed by atoms with E-state index in [4.69, 9.17) is 26.2 Å². The molecule has 1 atom stereocenters. The van der Waals surface area contributed by atoms with Crippen molar-refractivity contribution in [2.24, 2.45) is 0 Å². The van der Waals surface area contributed by atoms with E-state index in [0.717, 1.165) is 0 Å². The van der Waals surface area contributed by atoms with E-state index in [2.05, 4.69) is 0 Å². The first-order chi connectivity index (χ1) is 7.58. The minimum Gasteiger partial charge on any atom is -0.497 e. The molecule has 1 rings (SSSR count). The first kappa shape index (κ1) is 12.6. The third kappa shape index (κ3) is 3.03. The molecule has 4 nitrogen and oxygen atoms in total. The molecule has 5 heteroatoms. The van der Waals surface area contributed by atoms with E-state index in [1.54, 1.807) is 25.3 Å². The molecular weight excluding hydrogens is 232 g/mol. The van der Waals surface area contributed by atoms with Gasteiger partial charge in [0.2, 0.25) is 0 Å². The van der Waals surface area contributed by atoms with Crippen molar-refractivity contribution in [2.75, 3.05) is 14.2 Å². The van der Waals surface area contributed by atoms with E-state index in [1.165, 1.54) is 7.11 Å². The van der Waals surface area contributed by atoms with Gasteiger partial charge in [-0.05, 0) is 6.07 Å². The van der Waals surface area contributed by atoms with Crippen LogP contribution >= 0.6 is 11.6 Å². The predicted molar refractivity (Wildman–Crippen MR) is 60.4 cm³/mol. The maximum Gasteiger partial charge on any atom is 0.305 e. The molecular formula is C11H13ClO4. The Labute approximate surface area is 98.7 Å². The third-order valence-electron chi connectivity index (χ3n) is 2.13. The predicted octanol–water partition coefficient (Wildman–Crippen LogP) is 2.46. The van der Waals surface area contributed by atoms with Crippen molar-refractivity contribution in [3.05, 3.63) is 23.8 Å². The van der Waals surface area contributed by atoms with E-state index < -0.39 is 11.3 Å². The summed E-state index contributed by atoms with van der Waals surface area (Å²) >= 11 is 5.98. The average molecular weight is 245 g/mol. The number of alkyl halides is 1. The van der Waals surface area contributed by atoms with Crippen LogP contribution in [0.2, 0.25) is 0 Å². The fourth-order valence-corrected chi connectivity index (χ4v) is 1.65. The van der Waals surface area contributed by atoms with E-state index in [1.807, 2.05) is 0 Å². The van der Waals surface area contributed by atoms with Crippen LogP contribution in [0.25, 0.3) is 0 Å². The molecule has 0 heterocycles. The van der Waals surface area contributed by atoms with Crippen molar-refractivity contribution in [1.29, 1.82) is 0 Å². The molecule has 0 aromatic heterocycles. The average Bonchev–Trinajstić information content (AvgIpc) is 2.27. The zero-order valence-corrected chi connectivity index (χ0v) is 9.82. The zero-order valence-electron chi connectivity index (χ0n) is 9.07. The molecule has 0 amide bonds. The Morgan fingerprint density at radius 3 is 2.62 bits per heavy atom. The summed E-state index contributed by atoms with van der Waals surface area (Å²) < 4.78 is 10.2. The standard InChI is InChI=1S/C11H13ClO4/c1-15-7-3-4-8(10(5-7)16-2)9(12)6-11(13)14/h3-5,9H,6H2,1-2H3,(H,13,14). The van der Waals surface area contributed by atoms with Crippen LogP contribution in [0.15, 0.2) is 18.2 Å². The smallest absolute Gasteiger partial charge is 0.305 e. The molecule has 16 heavy (non-hydrogen) atoms. The van der Waals surface area contributed by atoms with Crippen molar-refractivity contribution in [3.63, 3.8) is 0 Å². The van der Waals surface area contributed by atoms with Gasteiger partial charge in [0, 0.05) is 11.6 Å². The van der Waals surface area contributed by atoms with Crippen LogP contribution in [-0.2, 0) is 4.79 Å². The van der Waals surface area contributed by atoms with Gasteiger partial charge in [-0.2, -0.15) is 0 Å². The minimum absolute atomic E-state index is 0.149. The molecule has 0 saturated heterocycles. The number of carboxylic acid groups (broad SMARTS) is 1. The number of ether oxygens (including phenoxy) is 2. The highest BCUT2D eigenvalue weighted by Gasteiger charge is 2.17. The first-order valence-corrected chi connectivity index (χ1v) is 5.10. The van der Waals surface area contributed by atoms with Gasteiger partial charge in [-0.1, -0.05) is 6.07 Å². The molecule has 0 aliphatic heterocycles. The normalized spacial score (nSPS) is 11.9. The van der Waals surface area contributed by atoms with Gasteiger partial charge in [-0.25, -0.2) is 0 Å². The van der Waals surface area contributed by atoms with Crippen LogP contribution in [0.3, 0.4) is 0 Å². The van der Waals surface area contributed by atoms with Gasteiger partial charge in [-0.15, -0.1) is 11.6 Å². The van der Waals surface area contributed by atoms with Crippen molar-refractivity contribution in [3.8, 4) is 11.5 Å². The Kier molecular flexibility index (Phi) is 4.43. The second-order valence-electron chi connectivity index (χ2n) is 3.17. The van der Waals surface area contributed by atoms with Crippen LogP contribution in [-0.4, -0.2) is 25.3 Å². The lowest BCUT2D eigenvalue weighted by molar-refractivity contribution is -0.137. The summed E-state index contributed by atoms with van der Waals surface area (Å²) in [6.45, 7) is 0. The molecule has 0 bridgehead atoms. The highest BCUT2D eigenvalue weighted by Crippen LogP contribution is 2.34. The topological polar surface area (TPSA) is 55.8 Å². The maximum atomic E-state index is 10.6. The lowest BCUT2D eigenvalue weighted by Gasteiger charge is -2.13. The third-order valence-corrected chi connectivity index (χ3v) is 2.52. The molecule has 0 saturated carbocycles. The van der Waals surface area contributed by atoms with Gasteiger partial charge in [-0.3, -0.25) is 4.79 Å². The second-order valence-corrected chi connectivity index (χ2v) is 3.70. The number of carbonyl (C=O) groups is 1.